The van der Waals surface area contributed by atoms with Crippen LogP contribution in [-0.4, -0.2) is 6.61 Å². The van der Waals surface area contributed by atoms with Gasteiger partial charge in [0.15, 0.2) is 0 Å². The van der Waals surface area contributed by atoms with Crippen LogP contribution in [0.4, 0.5) is 5.69 Å². The summed E-state index contributed by atoms with van der Waals surface area (Å²) < 4.78 is 6.86. The molecule has 0 fully saturated rings. The molecule has 0 aliphatic carbocycles. The van der Waals surface area contributed by atoms with Crippen molar-refractivity contribution in [3.63, 3.8) is 0 Å². The van der Waals surface area contributed by atoms with E-state index >= 15 is 0 Å². The molecule has 0 heterocycles. The third-order valence-corrected chi connectivity index (χ3v) is 3.51. The fourth-order valence-electron chi connectivity index (χ4n) is 1.91. The minimum absolute atomic E-state index is 0.749. The quantitative estimate of drug-likeness (QED) is 0.788. The predicted molar refractivity (Wildman–Crippen MR) is 88.4 cm³/mol. The van der Waals surface area contributed by atoms with Gasteiger partial charge >= 0.3 is 0 Å². The molecule has 0 aromatic heterocycles. The summed E-state index contributed by atoms with van der Waals surface area (Å²) in [6, 6.07) is 14.5. The first kappa shape index (κ1) is 14.9. The van der Waals surface area contributed by atoms with Crippen molar-refractivity contribution in [1.82, 2.24) is 0 Å². The van der Waals surface area contributed by atoms with Crippen molar-refractivity contribution in [2.24, 2.45) is 0 Å². The lowest BCUT2D eigenvalue weighted by atomic mass is 10.2. The summed E-state index contributed by atoms with van der Waals surface area (Å²) in [6.45, 7) is 5.71. The number of hydrogen-bond donors (Lipinski definition) is 1. The topological polar surface area (TPSA) is 21.3 Å². The third kappa shape index (κ3) is 4.27. The maximum absolute atomic E-state index is 5.79. The zero-order valence-electron chi connectivity index (χ0n) is 11.9. The first-order valence-corrected chi connectivity index (χ1v) is 7.70. The molecule has 2 rings (SSSR count). The van der Waals surface area contributed by atoms with E-state index in [1.807, 2.05) is 12.1 Å². The molecular weight excluding hydrogens is 314 g/mol. The van der Waals surface area contributed by atoms with E-state index in [0.717, 1.165) is 41.0 Å². The van der Waals surface area contributed by atoms with E-state index < -0.39 is 0 Å². The van der Waals surface area contributed by atoms with Crippen LogP contribution in [0, 0.1) is 6.92 Å². The Kier molecular flexibility index (Phi) is 5.48. The highest BCUT2D eigenvalue weighted by Gasteiger charge is 2.04. The molecule has 1 N–H and O–H groups in total. The average molecular weight is 334 g/mol. The van der Waals surface area contributed by atoms with Crippen LogP contribution in [0.25, 0.3) is 0 Å². The molecule has 0 radical (unpaired) electrons. The molecule has 3 heteroatoms. The Bertz CT molecular complexity index is 551. The Balaban J connectivity index is 2.07. The molecular formula is C17H20BrNO. The first-order valence-electron chi connectivity index (χ1n) is 6.91. The van der Waals surface area contributed by atoms with Gasteiger partial charge in [0.25, 0.3) is 0 Å². The van der Waals surface area contributed by atoms with Crippen molar-refractivity contribution in [1.29, 1.82) is 0 Å². The molecule has 0 saturated heterocycles. The lowest BCUT2D eigenvalue weighted by Gasteiger charge is -2.13. The van der Waals surface area contributed by atoms with Gasteiger partial charge in [-0.2, -0.15) is 0 Å². The smallest absolute Gasteiger partial charge is 0.124 e. The summed E-state index contributed by atoms with van der Waals surface area (Å²) >= 11 is 3.52. The van der Waals surface area contributed by atoms with Crippen LogP contribution in [0.15, 0.2) is 46.9 Å². The van der Waals surface area contributed by atoms with Crippen molar-refractivity contribution in [2.45, 2.75) is 26.8 Å². The molecule has 0 unspecified atom stereocenters. The third-order valence-electron chi connectivity index (χ3n) is 3.02. The zero-order valence-corrected chi connectivity index (χ0v) is 13.5. The molecule has 0 saturated carbocycles. The normalized spacial score (nSPS) is 10.3. The molecule has 0 aliphatic rings. The molecule has 0 bridgehead atoms. The van der Waals surface area contributed by atoms with Gasteiger partial charge < -0.3 is 10.1 Å². The van der Waals surface area contributed by atoms with Crippen LogP contribution in [-0.2, 0) is 6.54 Å². The summed E-state index contributed by atoms with van der Waals surface area (Å²) in [5.41, 5.74) is 3.55. The van der Waals surface area contributed by atoms with E-state index in [2.05, 4.69) is 65.4 Å². The van der Waals surface area contributed by atoms with Gasteiger partial charge in [0.05, 0.1) is 6.61 Å². The lowest BCUT2D eigenvalue weighted by Crippen LogP contribution is -2.04. The monoisotopic (exact) mass is 333 g/mol. The average Bonchev–Trinajstić information content (AvgIpc) is 2.46. The van der Waals surface area contributed by atoms with E-state index in [0.29, 0.717) is 0 Å². The molecule has 2 aromatic carbocycles. The van der Waals surface area contributed by atoms with Gasteiger partial charge in [-0.1, -0.05) is 40.5 Å². The second kappa shape index (κ2) is 7.34. The number of rotatable bonds is 6. The molecule has 0 atom stereocenters. The highest BCUT2D eigenvalue weighted by atomic mass is 79.9. The molecule has 2 aromatic rings. The maximum atomic E-state index is 5.79. The highest BCUT2D eigenvalue weighted by molar-refractivity contribution is 9.10. The number of hydrogen-bond acceptors (Lipinski definition) is 2. The van der Waals surface area contributed by atoms with Crippen molar-refractivity contribution < 1.29 is 4.74 Å². The number of halogens is 1. The van der Waals surface area contributed by atoms with Gasteiger partial charge in [0.2, 0.25) is 0 Å². The molecule has 0 spiro atoms. The van der Waals surface area contributed by atoms with Crippen LogP contribution in [0.2, 0.25) is 0 Å². The van der Waals surface area contributed by atoms with Crippen LogP contribution in [0.3, 0.4) is 0 Å². The Morgan fingerprint density at radius 2 is 1.85 bits per heavy atom. The summed E-state index contributed by atoms with van der Waals surface area (Å²) in [7, 11) is 0. The number of nitrogens with one attached hydrogen (secondary N) is 1. The first-order chi connectivity index (χ1) is 9.69. The molecule has 20 heavy (non-hydrogen) atoms. The number of ether oxygens (including phenoxy) is 1. The van der Waals surface area contributed by atoms with Crippen molar-refractivity contribution >= 4 is 21.6 Å². The second-order valence-corrected chi connectivity index (χ2v) is 5.74. The van der Waals surface area contributed by atoms with Crippen LogP contribution in [0.1, 0.15) is 24.5 Å². The van der Waals surface area contributed by atoms with Crippen LogP contribution in [0.5, 0.6) is 5.75 Å². The molecule has 0 amide bonds. The van der Waals surface area contributed by atoms with Gasteiger partial charge in [-0.05, 0) is 43.7 Å². The molecule has 0 aliphatic heterocycles. The van der Waals surface area contributed by atoms with E-state index in [1.54, 1.807) is 0 Å². The van der Waals surface area contributed by atoms with Gasteiger partial charge in [-0.15, -0.1) is 0 Å². The van der Waals surface area contributed by atoms with E-state index in [-0.39, 0.29) is 0 Å². The SMILES string of the molecule is CCCOc1ccc(Br)cc1CNc1ccc(C)cc1. The highest BCUT2D eigenvalue weighted by Crippen LogP contribution is 2.24. The summed E-state index contributed by atoms with van der Waals surface area (Å²) in [5, 5.41) is 3.43. The van der Waals surface area contributed by atoms with E-state index in [9.17, 15) is 0 Å². The van der Waals surface area contributed by atoms with Crippen molar-refractivity contribution in [3.8, 4) is 5.75 Å². The fourth-order valence-corrected chi connectivity index (χ4v) is 2.32. The fraction of sp³-hybridized carbons (Fsp3) is 0.294. The Hall–Kier alpha value is -1.48. The standard InChI is InChI=1S/C17H20BrNO/c1-3-10-20-17-9-6-15(18)11-14(17)12-19-16-7-4-13(2)5-8-16/h4-9,11,19H,3,10,12H2,1-2H3. The van der Waals surface area contributed by atoms with Crippen molar-refractivity contribution in [3.05, 3.63) is 58.1 Å². The van der Waals surface area contributed by atoms with E-state index in [4.69, 9.17) is 4.74 Å². The lowest BCUT2D eigenvalue weighted by molar-refractivity contribution is 0.314. The Labute approximate surface area is 129 Å². The summed E-state index contributed by atoms with van der Waals surface area (Å²) in [6.07, 6.45) is 1.01. The Morgan fingerprint density at radius 1 is 1.10 bits per heavy atom. The minimum atomic E-state index is 0.749. The van der Waals surface area contributed by atoms with E-state index in [1.165, 1.54) is 5.56 Å². The number of anilines is 1. The second-order valence-electron chi connectivity index (χ2n) is 4.82. The van der Waals surface area contributed by atoms with Crippen LogP contribution >= 0.6 is 15.9 Å². The molecule has 106 valence electrons. The Morgan fingerprint density at radius 3 is 2.55 bits per heavy atom. The van der Waals surface area contributed by atoms with Crippen LogP contribution < -0.4 is 10.1 Å². The van der Waals surface area contributed by atoms with Crippen molar-refractivity contribution in [2.75, 3.05) is 11.9 Å². The largest absolute Gasteiger partial charge is 0.493 e. The van der Waals surface area contributed by atoms with Gasteiger partial charge in [-0.3, -0.25) is 0 Å². The van der Waals surface area contributed by atoms with Gasteiger partial charge in [-0.25, -0.2) is 0 Å². The number of benzene rings is 2. The maximum Gasteiger partial charge on any atom is 0.124 e. The minimum Gasteiger partial charge on any atom is -0.493 e. The predicted octanol–water partition coefficient (Wildman–Crippen LogP) is 5.16. The van der Waals surface area contributed by atoms with Gasteiger partial charge in [0.1, 0.15) is 5.75 Å². The summed E-state index contributed by atoms with van der Waals surface area (Å²) in [5.74, 6) is 0.953. The van der Waals surface area contributed by atoms with Gasteiger partial charge in [0, 0.05) is 22.3 Å². The summed E-state index contributed by atoms with van der Waals surface area (Å²) in [4.78, 5) is 0. The number of aryl methyl sites for hydroxylation is 1. The zero-order chi connectivity index (χ0) is 14.4. The molecule has 2 nitrogen and oxygen atoms in total.